The molecule has 1 aromatic carbocycles. The minimum absolute atomic E-state index is 0.0344. The van der Waals surface area contributed by atoms with Crippen LogP contribution in [-0.4, -0.2) is 51.8 Å². The second kappa shape index (κ2) is 11.3. The highest BCUT2D eigenvalue weighted by Crippen LogP contribution is 2.09. The first-order valence-corrected chi connectivity index (χ1v) is 7.78. The number of hydrogen-bond acceptors (Lipinski definition) is 3. The molecule has 8 heteroatoms. The van der Waals surface area contributed by atoms with Gasteiger partial charge < -0.3 is 20.7 Å². The number of nitrogens with one attached hydrogen (secondary N) is 3. The molecule has 0 radical (unpaired) electrons. The van der Waals surface area contributed by atoms with E-state index in [4.69, 9.17) is 4.74 Å². The number of carbonyl (C=O) groups excluding carboxylic acids is 1. The van der Waals surface area contributed by atoms with Crippen LogP contribution in [0.25, 0.3) is 0 Å². The minimum atomic E-state index is -0.472. The molecule has 0 aliphatic rings. The van der Waals surface area contributed by atoms with Gasteiger partial charge in [0, 0.05) is 26.7 Å². The molecule has 0 saturated heterocycles. The highest BCUT2D eigenvalue weighted by Gasteiger charge is 2.05. The van der Waals surface area contributed by atoms with Crippen molar-refractivity contribution in [2.75, 3.05) is 39.9 Å². The van der Waals surface area contributed by atoms with E-state index in [0.29, 0.717) is 38.6 Å². The summed E-state index contributed by atoms with van der Waals surface area (Å²) in [6.07, 6.45) is 0.300. The zero-order chi connectivity index (χ0) is 17.8. The van der Waals surface area contributed by atoms with Crippen molar-refractivity contribution in [3.8, 4) is 0 Å². The van der Waals surface area contributed by atoms with Crippen LogP contribution in [0.3, 0.4) is 0 Å². The van der Waals surface area contributed by atoms with Gasteiger partial charge in [-0.25, -0.2) is 13.8 Å². The summed E-state index contributed by atoms with van der Waals surface area (Å²) in [6.45, 7) is 3.69. The molecule has 1 aromatic rings. The lowest BCUT2D eigenvalue weighted by atomic mass is 10.1. The van der Waals surface area contributed by atoms with E-state index in [1.165, 1.54) is 6.07 Å². The molecule has 1 rings (SSSR count). The van der Waals surface area contributed by atoms with Gasteiger partial charge in [-0.05, 0) is 37.1 Å². The van der Waals surface area contributed by atoms with Crippen LogP contribution in [0.15, 0.2) is 23.2 Å². The van der Waals surface area contributed by atoms with Crippen LogP contribution < -0.4 is 16.0 Å². The molecule has 0 heterocycles. The first-order chi connectivity index (χ1) is 11.6. The van der Waals surface area contributed by atoms with Crippen LogP contribution in [0.5, 0.6) is 0 Å². The third-order valence-electron chi connectivity index (χ3n) is 3.05. The Hall–Kier alpha value is -2.22. The van der Waals surface area contributed by atoms with E-state index in [0.717, 1.165) is 12.1 Å². The highest BCUT2D eigenvalue weighted by molar-refractivity contribution is 5.84. The number of methoxy groups -OCH3 is 1. The van der Waals surface area contributed by atoms with Crippen molar-refractivity contribution in [2.24, 2.45) is 4.99 Å². The largest absolute Gasteiger partial charge is 0.383 e. The van der Waals surface area contributed by atoms with Crippen molar-refractivity contribution in [3.63, 3.8) is 0 Å². The number of hydrogen-bond donors (Lipinski definition) is 3. The highest BCUT2D eigenvalue weighted by atomic mass is 19.1. The van der Waals surface area contributed by atoms with E-state index < -0.39 is 11.6 Å². The van der Waals surface area contributed by atoms with Gasteiger partial charge in [-0.2, -0.15) is 0 Å². The van der Waals surface area contributed by atoms with Gasteiger partial charge in [0.25, 0.3) is 0 Å². The summed E-state index contributed by atoms with van der Waals surface area (Å²) in [4.78, 5) is 15.7. The van der Waals surface area contributed by atoms with Crippen LogP contribution in [0, 0.1) is 11.6 Å². The molecule has 0 bridgehead atoms. The molecule has 0 fully saturated rings. The molecule has 24 heavy (non-hydrogen) atoms. The maximum atomic E-state index is 13.5. The predicted molar refractivity (Wildman–Crippen MR) is 88.9 cm³/mol. The first-order valence-electron chi connectivity index (χ1n) is 7.78. The van der Waals surface area contributed by atoms with E-state index in [2.05, 4.69) is 20.9 Å². The average molecular weight is 342 g/mol. The van der Waals surface area contributed by atoms with Crippen molar-refractivity contribution < 1.29 is 18.3 Å². The average Bonchev–Trinajstić information content (AvgIpc) is 2.56. The molecule has 0 unspecified atom stereocenters. The number of aliphatic imine (C=N–C) groups is 1. The van der Waals surface area contributed by atoms with Gasteiger partial charge in [0.2, 0.25) is 5.91 Å². The number of benzene rings is 1. The molecule has 0 aliphatic heterocycles. The summed E-state index contributed by atoms with van der Waals surface area (Å²) < 4.78 is 31.5. The van der Waals surface area contributed by atoms with Crippen molar-refractivity contribution in [1.82, 2.24) is 16.0 Å². The summed E-state index contributed by atoms with van der Waals surface area (Å²) >= 11 is 0. The maximum Gasteiger partial charge on any atom is 0.241 e. The molecule has 6 nitrogen and oxygen atoms in total. The Morgan fingerprint density at radius 1 is 1.21 bits per heavy atom. The molecule has 1 amide bonds. The number of amides is 1. The number of ether oxygens (including phenoxy) is 1. The standard InChI is InChI=1S/C16H24F2N4O2/c1-3-19-16(22-11-15(23)20-8-9-24-2)21-7-6-12-10-13(17)4-5-14(12)18/h4-5,10H,3,6-9,11H2,1-2H3,(H,20,23)(H2,19,21,22). The fraction of sp³-hybridized carbons (Fsp3) is 0.500. The normalized spacial score (nSPS) is 11.2. The van der Waals surface area contributed by atoms with Crippen molar-refractivity contribution in [2.45, 2.75) is 13.3 Å². The lowest BCUT2D eigenvalue weighted by Crippen LogP contribution is -2.39. The molecular weight excluding hydrogens is 318 g/mol. The van der Waals surface area contributed by atoms with Crippen LogP contribution >= 0.6 is 0 Å². The molecule has 0 aliphatic carbocycles. The molecule has 0 atom stereocenters. The lowest BCUT2D eigenvalue weighted by molar-refractivity contribution is -0.119. The summed E-state index contributed by atoms with van der Waals surface area (Å²) in [6, 6.07) is 3.36. The SMILES string of the molecule is CCNC(=NCC(=O)NCCOC)NCCc1cc(F)ccc1F. The predicted octanol–water partition coefficient (Wildman–Crippen LogP) is 0.825. The number of carbonyl (C=O) groups is 1. The number of halogens is 2. The second-order valence-corrected chi connectivity index (χ2v) is 4.95. The molecular formula is C16H24F2N4O2. The van der Waals surface area contributed by atoms with Crippen LogP contribution in [0.1, 0.15) is 12.5 Å². The third-order valence-corrected chi connectivity index (χ3v) is 3.05. The van der Waals surface area contributed by atoms with Gasteiger partial charge in [0.1, 0.15) is 18.2 Å². The molecule has 0 spiro atoms. The van der Waals surface area contributed by atoms with E-state index in [9.17, 15) is 13.6 Å². The monoisotopic (exact) mass is 342 g/mol. The third kappa shape index (κ3) is 7.87. The molecule has 134 valence electrons. The van der Waals surface area contributed by atoms with E-state index in [1.807, 2.05) is 6.92 Å². The topological polar surface area (TPSA) is 74.8 Å². The fourth-order valence-electron chi connectivity index (χ4n) is 1.89. The van der Waals surface area contributed by atoms with Gasteiger partial charge in [-0.1, -0.05) is 0 Å². The molecule has 0 aromatic heterocycles. The Morgan fingerprint density at radius 2 is 2.00 bits per heavy atom. The Balaban J connectivity index is 2.45. The van der Waals surface area contributed by atoms with Gasteiger partial charge >= 0.3 is 0 Å². The summed E-state index contributed by atoms with van der Waals surface area (Å²) in [5.41, 5.74) is 0.288. The number of nitrogens with zero attached hydrogens (tertiary/aromatic N) is 1. The lowest BCUT2D eigenvalue weighted by Gasteiger charge is -2.11. The van der Waals surface area contributed by atoms with E-state index in [-0.39, 0.29) is 18.0 Å². The minimum Gasteiger partial charge on any atom is -0.383 e. The fourth-order valence-corrected chi connectivity index (χ4v) is 1.89. The first kappa shape index (κ1) is 19.8. The van der Waals surface area contributed by atoms with Crippen molar-refractivity contribution in [3.05, 3.63) is 35.4 Å². The Labute approximate surface area is 140 Å². The van der Waals surface area contributed by atoms with Gasteiger partial charge in [0.15, 0.2) is 5.96 Å². The Bertz CT molecular complexity index is 553. The quantitative estimate of drug-likeness (QED) is 0.353. The van der Waals surface area contributed by atoms with Crippen molar-refractivity contribution in [1.29, 1.82) is 0 Å². The summed E-state index contributed by atoms with van der Waals surface area (Å²) in [5, 5.41) is 8.63. The van der Waals surface area contributed by atoms with E-state index in [1.54, 1.807) is 7.11 Å². The molecule has 3 N–H and O–H groups in total. The summed E-state index contributed by atoms with van der Waals surface area (Å²) in [7, 11) is 1.55. The Kier molecular flexibility index (Phi) is 9.36. The Morgan fingerprint density at radius 3 is 2.71 bits per heavy atom. The molecule has 0 saturated carbocycles. The van der Waals surface area contributed by atoms with Gasteiger partial charge in [-0.15, -0.1) is 0 Å². The zero-order valence-electron chi connectivity index (χ0n) is 14.0. The number of guanidine groups is 1. The zero-order valence-corrected chi connectivity index (χ0v) is 14.0. The summed E-state index contributed by atoms with van der Waals surface area (Å²) in [5.74, 6) is -0.700. The van der Waals surface area contributed by atoms with Crippen molar-refractivity contribution >= 4 is 11.9 Å². The van der Waals surface area contributed by atoms with Gasteiger partial charge in [-0.3, -0.25) is 4.79 Å². The number of rotatable bonds is 9. The van der Waals surface area contributed by atoms with Crippen LogP contribution in [0.2, 0.25) is 0 Å². The van der Waals surface area contributed by atoms with Crippen LogP contribution in [0.4, 0.5) is 8.78 Å². The second-order valence-electron chi connectivity index (χ2n) is 4.95. The van der Waals surface area contributed by atoms with E-state index >= 15 is 0 Å². The van der Waals surface area contributed by atoms with Crippen LogP contribution in [-0.2, 0) is 16.0 Å². The smallest absolute Gasteiger partial charge is 0.241 e. The maximum absolute atomic E-state index is 13.5. The van der Waals surface area contributed by atoms with Gasteiger partial charge in [0.05, 0.1) is 6.61 Å².